The van der Waals surface area contributed by atoms with Crippen molar-refractivity contribution in [2.45, 2.75) is 109 Å². The second-order valence-electron chi connectivity index (χ2n) is 20.9. The number of halogens is 8. The van der Waals surface area contributed by atoms with E-state index in [2.05, 4.69) is 47.5 Å². The number of methoxy groups -OCH3 is 1. The van der Waals surface area contributed by atoms with Crippen LogP contribution < -0.4 is 26.3 Å². The highest BCUT2D eigenvalue weighted by atomic mass is 19.4. The average molecular weight is 1120 g/mol. The van der Waals surface area contributed by atoms with Gasteiger partial charge in [0.15, 0.2) is 6.10 Å². The SMILES string of the molecule is CNC(=O)O[C@H](C(=O)NN(Cc1c(F)cc(-c2cnn(C(F)F)c2)cc1F)C[C@H](O)[C@H](Cc1ccc(C#Cc2ccc(N3C[C@@H]4CC[C@@H](C3)N4C3COC3)nc2)cc1)NC(=O)[C@@H](NC(=O)OC)C(C)(C)C(F)(F)F)C(C)(C)CF. The quantitative estimate of drug-likeness (QED) is 0.0391. The summed E-state index contributed by atoms with van der Waals surface area (Å²) in [4.78, 5) is 62.5. The van der Waals surface area contributed by atoms with Crippen LogP contribution in [0.25, 0.3) is 11.1 Å². The molecule has 2 aromatic carbocycles. The molecule has 2 aromatic heterocycles. The van der Waals surface area contributed by atoms with Crippen molar-refractivity contribution in [3.63, 3.8) is 0 Å². The lowest BCUT2D eigenvalue weighted by Gasteiger charge is -2.47. The van der Waals surface area contributed by atoms with Crippen LogP contribution in [0.2, 0.25) is 0 Å². The Bertz CT molecular complexity index is 2820. The van der Waals surface area contributed by atoms with Crippen molar-refractivity contribution >= 4 is 29.8 Å². The van der Waals surface area contributed by atoms with Gasteiger partial charge in [0, 0.05) is 85.4 Å². The Morgan fingerprint density at radius 1 is 0.873 bits per heavy atom. The minimum atomic E-state index is -5.12. The number of carbonyl (C=O) groups is 4. The van der Waals surface area contributed by atoms with Crippen LogP contribution in [-0.4, -0.2) is 156 Å². The molecular formula is C53H62F8N10O8. The molecule has 0 aliphatic carbocycles. The van der Waals surface area contributed by atoms with E-state index in [1.54, 1.807) is 30.5 Å². The first kappa shape index (κ1) is 59.6. The molecule has 4 aromatic rings. The van der Waals surface area contributed by atoms with Gasteiger partial charge in [-0.3, -0.25) is 24.3 Å². The molecule has 26 heteroatoms. The van der Waals surface area contributed by atoms with Crippen molar-refractivity contribution in [1.29, 1.82) is 0 Å². The highest BCUT2D eigenvalue weighted by molar-refractivity contribution is 5.87. The maximum atomic E-state index is 16.0. The molecule has 0 spiro atoms. The zero-order valence-electron chi connectivity index (χ0n) is 44.1. The number of amides is 4. The van der Waals surface area contributed by atoms with Gasteiger partial charge in [0.25, 0.3) is 5.91 Å². The van der Waals surface area contributed by atoms with Gasteiger partial charge in [-0.15, -0.1) is 0 Å². The molecule has 0 saturated carbocycles. The Hall–Kier alpha value is -7.08. The van der Waals surface area contributed by atoms with Crippen molar-refractivity contribution in [2.75, 3.05) is 58.6 Å². The van der Waals surface area contributed by atoms with Gasteiger partial charge in [-0.05, 0) is 80.6 Å². The predicted octanol–water partition coefficient (Wildman–Crippen LogP) is 6.03. The molecule has 6 atom stereocenters. The molecule has 3 aliphatic heterocycles. The molecule has 18 nitrogen and oxygen atoms in total. The van der Waals surface area contributed by atoms with Gasteiger partial charge in [-0.2, -0.15) is 27.1 Å². The maximum Gasteiger partial charge on any atom is 0.407 e. The number of pyridine rings is 1. The summed E-state index contributed by atoms with van der Waals surface area (Å²) >= 11 is 0. The lowest BCUT2D eigenvalue weighted by atomic mass is 9.82. The molecule has 79 heavy (non-hydrogen) atoms. The van der Waals surface area contributed by atoms with E-state index in [1.165, 1.54) is 13.8 Å². The average Bonchev–Trinajstić information content (AvgIpc) is 3.99. The first-order chi connectivity index (χ1) is 37.3. The topological polar surface area (TPSA) is 205 Å². The molecule has 0 unspecified atom stereocenters. The predicted molar refractivity (Wildman–Crippen MR) is 269 cm³/mol. The number of aliphatic hydroxyl groups excluding tert-OH is 1. The lowest BCUT2D eigenvalue weighted by Crippen LogP contribution is -2.62. The Balaban J connectivity index is 1.16. The molecule has 428 valence electrons. The van der Waals surface area contributed by atoms with E-state index in [0.717, 1.165) is 88.7 Å². The zero-order chi connectivity index (χ0) is 57.6. The van der Waals surface area contributed by atoms with Crippen molar-refractivity contribution < 1.29 is 73.6 Å². The van der Waals surface area contributed by atoms with Crippen LogP contribution in [0.15, 0.2) is 67.1 Å². The summed E-state index contributed by atoms with van der Waals surface area (Å²) in [5.74, 6) is 1.66. The summed E-state index contributed by atoms with van der Waals surface area (Å²) in [6.07, 6.45) is -6.32. The molecule has 3 saturated heterocycles. The van der Waals surface area contributed by atoms with Crippen LogP contribution in [0.1, 0.15) is 69.3 Å². The number of nitrogens with zero attached hydrogens (tertiary/aromatic N) is 6. The molecule has 4 amide bonds. The van der Waals surface area contributed by atoms with E-state index < -0.39 is 109 Å². The number of hydrazine groups is 1. The van der Waals surface area contributed by atoms with Crippen molar-refractivity contribution in [1.82, 2.24) is 46.0 Å². The van der Waals surface area contributed by atoms with Crippen LogP contribution in [0.5, 0.6) is 0 Å². The van der Waals surface area contributed by atoms with Gasteiger partial charge in [0.1, 0.15) is 23.5 Å². The van der Waals surface area contributed by atoms with Crippen molar-refractivity contribution in [2.24, 2.45) is 10.8 Å². The number of hydrogen-bond donors (Lipinski definition) is 5. The number of carbonyl (C=O) groups excluding carboxylic acids is 4. The van der Waals surface area contributed by atoms with Crippen LogP contribution in [0, 0.1) is 34.3 Å². The number of fused-ring (bicyclic) bond motifs is 2. The molecule has 2 bridgehead atoms. The third-order valence-corrected chi connectivity index (χ3v) is 14.4. The second kappa shape index (κ2) is 24.9. The van der Waals surface area contributed by atoms with E-state index in [0.29, 0.717) is 48.7 Å². The monoisotopic (exact) mass is 1120 g/mol. The Morgan fingerprint density at radius 2 is 1.51 bits per heavy atom. The number of hydrogen-bond acceptors (Lipinski definition) is 13. The number of rotatable bonds is 20. The summed E-state index contributed by atoms with van der Waals surface area (Å²) in [5, 5.41) is 22.7. The summed E-state index contributed by atoms with van der Waals surface area (Å²) in [7, 11) is 2.01. The number of benzene rings is 2. The molecule has 7 rings (SSSR count). The minimum absolute atomic E-state index is 0.103. The highest BCUT2D eigenvalue weighted by Gasteiger charge is 2.56. The van der Waals surface area contributed by atoms with E-state index in [4.69, 9.17) is 14.5 Å². The minimum Gasteiger partial charge on any atom is -0.453 e. The first-order valence-corrected chi connectivity index (χ1v) is 25.2. The van der Waals surface area contributed by atoms with E-state index in [9.17, 15) is 50.6 Å². The summed E-state index contributed by atoms with van der Waals surface area (Å²) in [5.41, 5.74) is -2.05. The van der Waals surface area contributed by atoms with E-state index in [1.807, 2.05) is 17.4 Å². The van der Waals surface area contributed by atoms with Gasteiger partial charge in [0.2, 0.25) is 5.91 Å². The van der Waals surface area contributed by atoms with Crippen LogP contribution in [0.3, 0.4) is 0 Å². The van der Waals surface area contributed by atoms with E-state index in [-0.39, 0.29) is 22.2 Å². The number of piperazine rings is 1. The van der Waals surface area contributed by atoms with Gasteiger partial charge in [-0.25, -0.2) is 33.0 Å². The third kappa shape index (κ3) is 14.2. The van der Waals surface area contributed by atoms with Crippen molar-refractivity contribution in [3.05, 3.63) is 101 Å². The fraction of sp³-hybridized carbons (Fsp3) is 0.509. The third-order valence-electron chi connectivity index (χ3n) is 14.4. The fourth-order valence-corrected chi connectivity index (χ4v) is 9.57. The van der Waals surface area contributed by atoms with Gasteiger partial charge in [0.05, 0.1) is 56.8 Å². The Morgan fingerprint density at radius 3 is 2.04 bits per heavy atom. The second-order valence-corrected chi connectivity index (χ2v) is 20.9. The van der Waals surface area contributed by atoms with Crippen molar-refractivity contribution in [3.8, 4) is 23.0 Å². The molecule has 3 fully saturated rings. The number of ether oxygens (including phenoxy) is 3. The lowest BCUT2D eigenvalue weighted by molar-refractivity contribution is -0.220. The Kier molecular flexibility index (Phi) is 18.8. The number of aromatic nitrogens is 3. The molecular weight excluding hydrogens is 1060 g/mol. The van der Waals surface area contributed by atoms with E-state index >= 15 is 8.78 Å². The fourth-order valence-electron chi connectivity index (χ4n) is 9.57. The van der Waals surface area contributed by atoms with Gasteiger partial charge >= 0.3 is 24.9 Å². The van der Waals surface area contributed by atoms with Gasteiger partial charge in [-0.1, -0.05) is 37.8 Å². The van der Waals surface area contributed by atoms with Crippen LogP contribution >= 0.6 is 0 Å². The van der Waals surface area contributed by atoms with Crippen LogP contribution in [-0.2, 0) is 36.8 Å². The number of alkyl carbamates (subject to hydrolysis) is 2. The highest BCUT2D eigenvalue weighted by Crippen LogP contribution is 2.41. The number of nitrogens with one attached hydrogen (secondary N) is 4. The number of alkyl halides is 6. The summed E-state index contributed by atoms with van der Waals surface area (Å²) < 4.78 is 132. The van der Waals surface area contributed by atoms with Crippen LogP contribution in [0.4, 0.5) is 50.5 Å². The molecule has 5 heterocycles. The molecule has 0 radical (unpaired) electrons. The largest absolute Gasteiger partial charge is 0.453 e. The standard InChI is InChI=1S/C53H62F8N10O8/c1-51(2,29-54)45(79-49(75)62-5)47(74)67-69(25-38-39(55)18-33(19-40(38)56)34-21-64-70(22-34)48(57)58)26-42(72)41(65-46(73)44(66-50(76)77-6)52(3,4)53(59,60)61)17-31-10-7-30(8-11-31)9-12-32-13-16-43(63-20-32)68-23-35-14-15-36(24-68)71(35)37-27-78-28-37/h7-8,10-11,13,16,18-22,35-37,41-42,44-45,48,72H,14-15,17,23-29H2,1-6H3,(H,62,75)(H,65,73)(H,66,76)(H,67,74)/t35-,36-,41-,42-,44+,45+/m0/s1. The zero-order valence-corrected chi connectivity index (χ0v) is 44.1. The first-order valence-electron chi connectivity index (χ1n) is 25.2. The number of anilines is 1. The molecule has 5 N–H and O–H groups in total. The smallest absolute Gasteiger partial charge is 0.407 e. The summed E-state index contributed by atoms with van der Waals surface area (Å²) in [6.45, 7) is 0.786. The normalized spacial score (nSPS) is 18.4. The Labute approximate surface area is 450 Å². The maximum absolute atomic E-state index is 16.0. The summed E-state index contributed by atoms with van der Waals surface area (Å²) in [6, 6.07) is 8.98. The number of aliphatic hydroxyl groups is 1. The molecule has 3 aliphatic rings. The van der Waals surface area contributed by atoms with Gasteiger partial charge < -0.3 is 40.2 Å².